The summed E-state index contributed by atoms with van der Waals surface area (Å²) < 4.78 is 1.35. The van der Waals surface area contributed by atoms with Gasteiger partial charge in [-0.05, 0) is 23.9 Å². The van der Waals surface area contributed by atoms with E-state index in [1.165, 1.54) is 20.5 Å². The molecule has 1 aromatic carbocycles. The fraction of sp³-hybridized carbons (Fsp3) is 0.0833. The lowest BCUT2D eigenvalue weighted by atomic mass is 10.1. The fourth-order valence-electron chi connectivity index (χ4n) is 1.74. The van der Waals surface area contributed by atoms with Crippen LogP contribution in [0, 0.1) is 6.92 Å². The largest absolute Gasteiger partial charge is 0.244 e. The molecule has 0 saturated heterocycles. The van der Waals surface area contributed by atoms with Crippen LogP contribution in [0.15, 0.2) is 35.2 Å². The minimum atomic E-state index is 1.11. The lowest BCUT2D eigenvalue weighted by molar-refractivity contribution is 1.41. The Kier molecular flexibility index (Phi) is 2.08. The summed E-state index contributed by atoms with van der Waals surface area (Å²) >= 11 is 3.47. The van der Waals surface area contributed by atoms with E-state index in [0.717, 1.165) is 5.69 Å². The molecule has 0 unspecified atom stereocenters. The van der Waals surface area contributed by atoms with Gasteiger partial charge in [-0.2, -0.15) is 0 Å². The van der Waals surface area contributed by atoms with Crippen molar-refractivity contribution >= 4 is 32.8 Å². The van der Waals surface area contributed by atoms with Gasteiger partial charge in [0.1, 0.15) is 0 Å². The van der Waals surface area contributed by atoms with Crippen LogP contribution in [-0.2, 0) is 0 Å². The summed E-state index contributed by atoms with van der Waals surface area (Å²) in [6.45, 7) is 2.17. The first-order chi connectivity index (χ1) is 7.36. The standard InChI is InChI=1S/C12H9NS2/c1-8-9-4-2-3-5-11(9)15-12(8)10-6-14-7-13-10/h2-7H,1H3. The van der Waals surface area contributed by atoms with Gasteiger partial charge in [-0.25, -0.2) is 4.98 Å². The summed E-state index contributed by atoms with van der Waals surface area (Å²) in [4.78, 5) is 5.67. The molecule has 0 atom stereocenters. The van der Waals surface area contributed by atoms with Crippen LogP contribution < -0.4 is 0 Å². The molecular weight excluding hydrogens is 222 g/mol. The second-order valence-corrected chi connectivity index (χ2v) is 5.20. The summed E-state index contributed by atoms with van der Waals surface area (Å²) in [7, 11) is 0. The molecule has 3 aromatic rings. The minimum Gasteiger partial charge on any atom is -0.244 e. The lowest BCUT2D eigenvalue weighted by Crippen LogP contribution is -1.74. The number of fused-ring (bicyclic) bond motifs is 1. The number of thiazole rings is 1. The number of nitrogens with zero attached hydrogens (tertiary/aromatic N) is 1. The Balaban J connectivity index is 2.33. The van der Waals surface area contributed by atoms with Crippen LogP contribution in [0.1, 0.15) is 5.56 Å². The van der Waals surface area contributed by atoms with Gasteiger partial charge in [0.05, 0.1) is 16.1 Å². The van der Waals surface area contributed by atoms with E-state index < -0.39 is 0 Å². The van der Waals surface area contributed by atoms with Crippen LogP contribution in [0.2, 0.25) is 0 Å². The Hall–Kier alpha value is -1.19. The third kappa shape index (κ3) is 1.39. The number of benzene rings is 1. The molecule has 0 aliphatic rings. The van der Waals surface area contributed by atoms with E-state index in [0.29, 0.717) is 0 Å². The van der Waals surface area contributed by atoms with E-state index in [4.69, 9.17) is 0 Å². The summed E-state index contributed by atoms with van der Waals surface area (Å²) in [5, 5.41) is 3.46. The number of thiophene rings is 1. The van der Waals surface area contributed by atoms with Crippen molar-refractivity contribution in [1.29, 1.82) is 0 Å². The van der Waals surface area contributed by atoms with Crippen LogP contribution >= 0.6 is 22.7 Å². The van der Waals surface area contributed by atoms with E-state index >= 15 is 0 Å². The maximum atomic E-state index is 4.37. The Morgan fingerprint density at radius 1 is 1.20 bits per heavy atom. The third-order valence-corrected chi connectivity index (χ3v) is 4.39. The Morgan fingerprint density at radius 2 is 2.07 bits per heavy atom. The first-order valence-corrected chi connectivity index (χ1v) is 6.49. The Labute approximate surface area is 96.0 Å². The maximum Gasteiger partial charge on any atom is 0.0913 e. The summed E-state index contributed by atoms with van der Waals surface area (Å²) in [5.74, 6) is 0. The maximum absolute atomic E-state index is 4.37. The predicted octanol–water partition coefficient (Wildman–Crippen LogP) is 4.33. The Bertz CT molecular complexity index is 593. The SMILES string of the molecule is Cc1c(-c2cscn2)sc2ccccc12. The predicted molar refractivity (Wildman–Crippen MR) is 67.7 cm³/mol. The van der Waals surface area contributed by atoms with Crippen LogP contribution in [0.3, 0.4) is 0 Å². The topological polar surface area (TPSA) is 12.9 Å². The van der Waals surface area contributed by atoms with Crippen molar-refractivity contribution in [2.75, 3.05) is 0 Å². The first kappa shape index (κ1) is 9.07. The molecule has 0 fully saturated rings. The summed E-state index contributed by atoms with van der Waals surface area (Å²) in [6, 6.07) is 8.52. The fourth-order valence-corrected chi connectivity index (χ4v) is 3.54. The molecule has 0 bridgehead atoms. The zero-order valence-corrected chi connectivity index (χ0v) is 9.86. The molecule has 0 spiro atoms. The number of aromatic nitrogens is 1. The van der Waals surface area contributed by atoms with Gasteiger partial charge in [0.2, 0.25) is 0 Å². The van der Waals surface area contributed by atoms with E-state index in [-0.39, 0.29) is 0 Å². The lowest BCUT2D eigenvalue weighted by Gasteiger charge is -1.92. The molecule has 0 N–H and O–H groups in total. The molecule has 0 amide bonds. The van der Waals surface area contributed by atoms with Gasteiger partial charge in [0, 0.05) is 10.1 Å². The monoisotopic (exact) mass is 231 g/mol. The molecule has 74 valence electrons. The van der Waals surface area contributed by atoms with Crippen molar-refractivity contribution in [3.8, 4) is 10.6 Å². The summed E-state index contributed by atoms with van der Waals surface area (Å²) in [5.41, 5.74) is 4.35. The van der Waals surface area contributed by atoms with Gasteiger partial charge in [-0.15, -0.1) is 22.7 Å². The molecule has 1 nitrogen and oxygen atoms in total. The van der Waals surface area contributed by atoms with Crippen molar-refractivity contribution in [2.24, 2.45) is 0 Å². The first-order valence-electron chi connectivity index (χ1n) is 4.73. The van der Waals surface area contributed by atoms with Crippen LogP contribution in [0.4, 0.5) is 0 Å². The van der Waals surface area contributed by atoms with E-state index in [2.05, 4.69) is 41.6 Å². The normalized spacial score (nSPS) is 11.0. The molecular formula is C12H9NS2. The number of rotatable bonds is 1. The van der Waals surface area contributed by atoms with Crippen molar-refractivity contribution in [3.63, 3.8) is 0 Å². The zero-order chi connectivity index (χ0) is 10.3. The van der Waals surface area contributed by atoms with Crippen LogP contribution in [0.25, 0.3) is 20.7 Å². The van der Waals surface area contributed by atoms with Crippen LogP contribution in [-0.4, -0.2) is 4.98 Å². The van der Waals surface area contributed by atoms with E-state index in [9.17, 15) is 0 Å². The average Bonchev–Trinajstić information content (AvgIpc) is 2.87. The molecule has 0 aliphatic carbocycles. The quantitative estimate of drug-likeness (QED) is 0.607. The van der Waals surface area contributed by atoms with Crippen molar-refractivity contribution in [1.82, 2.24) is 4.98 Å². The molecule has 0 saturated carbocycles. The second kappa shape index (κ2) is 3.43. The van der Waals surface area contributed by atoms with Crippen LogP contribution in [0.5, 0.6) is 0 Å². The molecule has 3 rings (SSSR count). The van der Waals surface area contributed by atoms with Gasteiger partial charge in [-0.1, -0.05) is 18.2 Å². The molecule has 15 heavy (non-hydrogen) atoms. The van der Waals surface area contributed by atoms with Gasteiger partial charge in [-0.3, -0.25) is 0 Å². The number of aryl methyl sites for hydroxylation is 1. The second-order valence-electron chi connectivity index (χ2n) is 3.43. The smallest absolute Gasteiger partial charge is 0.0913 e. The molecule has 0 aliphatic heterocycles. The van der Waals surface area contributed by atoms with Gasteiger partial charge >= 0.3 is 0 Å². The molecule has 2 aromatic heterocycles. The van der Waals surface area contributed by atoms with E-state index in [1.54, 1.807) is 11.3 Å². The minimum absolute atomic E-state index is 1.11. The van der Waals surface area contributed by atoms with Gasteiger partial charge < -0.3 is 0 Å². The third-order valence-electron chi connectivity index (χ3n) is 2.51. The van der Waals surface area contributed by atoms with Gasteiger partial charge in [0.25, 0.3) is 0 Å². The highest BCUT2D eigenvalue weighted by Crippen LogP contribution is 2.37. The highest BCUT2D eigenvalue weighted by Gasteiger charge is 2.10. The van der Waals surface area contributed by atoms with Gasteiger partial charge in [0.15, 0.2) is 0 Å². The molecule has 3 heteroatoms. The van der Waals surface area contributed by atoms with Crippen molar-refractivity contribution in [2.45, 2.75) is 6.92 Å². The van der Waals surface area contributed by atoms with Crippen molar-refractivity contribution < 1.29 is 0 Å². The summed E-state index contributed by atoms with van der Waals surface area (Å²) in [6.07, 6.45) is 0. The number of hydrogen-bond acceptors (Lipinski definition) is 3. The number of hydrogen-bond donors (Lipinski definition) is 0. The molecule has 2 heterocycles. The van der Waals surface area contributed by atoms with Crippen molar-refractivity contribution in [3.05, 3.63) is 40.7 Å². The highest BCUT2D eigenvalue weighted by atomic mass is 32.1. The Morgan fingerprint density at radius 3 is 2.80 bits per heavy atom. The zero-order valence-electron chi connectivity index (χ0n) is 8.23. The highest BCUT2D eigenvalue weighted by molar-refractivity contribution is 7.22. The average molecular weight is 231 g/mol. The molecule has 0 radical (unpaired) electrons. The van der Waals surface area contributed by atoms with E-state index in [1.807, 2.05) is 16.8 Å².